The molecule has 0 heterocycles. The van der Waals surface area contributed by atoms with Crippen molar-refractivity contribution in [3.8, 4) is 45.3 Å². The molecule has 0 saturated heterocycles. The summed E-state index contributed by atoms with van der Waals surface area (Å²) in [5, 5.41) is 31.5. The number of methoxy groups -OCH3 is 2. The molecule has 0 aliphatic rings. The predicted octanol–water partition coefficient (Wildman–Crippen LogP) is 10.6. The molecule has 0 aliphatic heterocycles. The Labute approximate surface area is 317 Å². The second-order valence-electron chi connectivity index (χ2n) is 12.6. The largest absolute Gasteiger partial charge is 0.507 e. The quantitative estimate of drug-likeness (QED) is 0.0877. The van der Waals surface area contributed by atoms with Crippen LogP contribution in [-0.4, -0.2) is 50.0 Å². The van der Waals surface area contributed by atoms with Crippen LogP contribution in [0.15, 0.2) is 143 Å². The molecule has 0 unspecified atom stereocenters. The van der Waals surface area contributed by atoms with Crippen molar-refractivity contribution in [3.05, 3.63) is 145 Å². The van der Waals surface area contributed by atoms with Crippen molar-refractivity contribution in [2.24, 2.45) is 9.98 Å². The van der Waals surface area contributed by atoms with Crippen molar-refractivity contribution in [1.82, 2.24) is 0 Å². The number of phenols is 2. The SMILES string of the molecule is COc1ccc2ccccc2c1-c1c(O)c(C=NCCN=Cc2cc3ccccc3c(-c3c(OC)ccc4ccccc34)c2O)cc2ccccc12.[Ni]. The van der Waals surface area contributed by atoms with Crippen molar-refractivity contribution in [1.29, 1.82) is 0 Å². The minimum atomic E-state index is 0. The molecule has 0 fully saturated rings. The van der Waals surface area contributed by atoms with Crippen LogP contribution in [0.25, 0.3) is 65.3 Å². The normalized spacial score (nSPS) is 11.6. The van der Waals surface area contributed by atoms with Crippen LogP contribution in [0.1, 0.15) is 11.1 Å². The molecule has 2 N–H and O–H groups in total. The van der Waals surface area contributed by atoms with Gasteiger partial charge in [0, 0.05) is 62.3 Å². The number of aliphatic imine (C=N–C) groups is 2. The van der Waals surface area contributed by atoms with E-state index < -0.39 is 0 Å². The Hall–Kier alpha value is -6.17. The number of benzene rings is 8. The van der Waals surface area contributed by atoms with Crippen LogP contribution in [0.3, 0.4) is 0 Å². The number of hydrogen-bond donors (Lipinski definition) is 2. The molecule has 6 nitrogen and oxygen atoms in total. The zero-order valence-electron chi connectivity index (χ0n) is 29.2. The van der Waals surface area contributed by atoms with Gasteiger partial charge in [0.05, 0.1) is 27.3 Å². The molecule has 0 aliphatic carbocycles. The van der Waals surface area contributed by atoms with Crippen molar-refractivity contribution in [2.45, 2.75) is 0 Å². The van der Waals surface area contributed by atoms with Crippen molar-refractivity contribution in [2.75, 3.05) is 27.3 Å². The van der Waals surface area contributed by atoms with E-state index in [0.717, 1.165) is 54.2 Å². The molecule has 7 heteroatoms. The topological polar surface area (TPSA) is 83.6 Å². The maximum Gasteiger partial charge on any atom is 0.132 e. The van der Waals surface area contributed by atoms with Gasteiger partial charge in [0.2, 0.25) is 0 Å². The second-order valence-corrected chi connectivity index (χ2v) is 12.6. The zero-order valence-corrected chi connectivity index (χ0v) is 30.2. The minimum absolute atomic E-state index is 0. The summed E-state index contributed by atoms with van der Waals surface area (Å²) in [4.78, 5) is 9.33. The summed E-state index contributed by atoms with van der Waals surface area (Å²) in [5.41, 5.74) is 4.30. The number of hydrogen-bond acceptors (Lipinski definition) is 6. The van der Waals surface area contributed by atoms with E-state index in [0.29, 0.717) is 46.8 Å². The van der Waals surface area contributed by atoms with Crippen LogP contribution < -0.4 is 9.47 Å². The minimum Gasteiger partial charge on any atom is -0.507 e. The molecule has 0 aromatic heterocycles. The average molecular weight is 739 g/mol. The van der Waals surface area contributed by atoms with E-state index in [9.17, 15) is 10.2 Å². The maximum atomic E-state index is 11.8. The van der Waals surface area contributed by atoms with Crippen LogP contribution in [0.5, 0.6) is 23.0 Å². The van der Waals surface area contributed by atoms with Gasteiger partial charge in [-0.2, -0.15) is 0 Å². The van der Waals surface area contributed by atoms with Gasteiger partial charge in [-0.05, 0) is 67.4 Å². The smallest absolute Gasteiger partial charge is 0.132 e. The van der Waals surface area contributed by atoms with Gasteiger partial charge in [-0.15, -0.1) is 0 Å². The first kappa shape index (κ1) is 35.2. The molecule has 0 amide bonds. The van der Waals surface area contributed by atoms with Gasteiger partial charge in [-0.3, -0.25) is 9.98 Å². The fourth-order valence-corrected chi connectivity index (χ4v) is 7.22. The molecular weight excluding hydrogens is 703 g/mol. The maximum absolute atomic E-state index is 11.8. The van der Waals surface area contributed by atoms with Crippen LogP contribution in [0, 0.1) is 0 Å². The van der Waals surface area contributed by atoms with Gasteiger partial charge < -0.3 is 19.7 Å². The number of ether oxygens (including phenoxy) is 2. The van der Waals surface area contributed by atoms with Crippen LogP contribution in [0.4, 0.5) is 0 Å². The first-order valence-electron chi connectivity index (χ1n) is 17.2. The molecular formula is C46H36N2NiO4. The third kappa shape index (κ3) is 6.45. The molecule has 264 valence electrons. The monoisotopic (exact) mass is 738 g/mol. The van der Waals surface area contributed by atoms with E-state index in [-0.39, 0.29) is 28.0 Å². The summed E-state index contributed by atoms with van der Waals surface area (Å²) in [6.45, 7) is 0.766. The Balaban J connectivity index is 0.00000435. The standard InChI is InChI=1S/C46H36N2O4.Ni/c1-51-39-21-19-29-11-3-7-15-35(29)41(39)43-37-17-9-5-13-31(37)25-33(45(43)49)27-47-23-24-48-28-34-26-32-14-6-10-18-38(32)44(46(34)50)42-36-16-8-4-12-30(36)20-22-40(42)52-2;/h3-22,25-28,49-50H,23-24H2,1-2H3;. The zero-order chi connectivity index (χ0) is 35.6. The van der Waals surface area contributed by atoms with Crippen molar-refractivity contribution >= 4 is 55.5 Å². The Morgan fingerprint density at radius 2 is 0.792 bits per heavy atom. The van der Waals surface area contributed by atoms with Gasteiger partial charge in [0.25, 0.3) is 0 Å². The van der Waals surface area contributed by atoms with E-state index >= 15 is 0 Å². The molecule has 53 heavy (non-hydrogen) atoms. The third-order valence-corrected chi connectivity index (χ3v) is 9.64. The summed E-state index contributed by atoms with van der Waals surface area (Å²) >= 11 is 0. The number of aromatic hydroxyl groups is 2. The first-order chi connectivity index (χ1) is 25.6. The van der Waals surface area contributed by atoms with Gasteiger partial charge in [-0.25, -0.2) is 0 Å². The molecule has 0 atom stereocenters. The van der Waals surface area contributed by atoms with E-state index in [1.54, 1.807) is 26.6 Å². The van der Waals surface area contributed by atoms with Gasteiger partial charge in [0.1, 0.15) is 23.0 Å². The molecule has 0 bridgehead atoms. The van der Waals surface area contributed by atoms with E-state index in [2.05, 4.69) is 34.3 Å². The first-order valence-corrected chi connectivity index (χ1v) is 17.2. The van der Waals surface area contributed by atoms with Crippen LogP contribution >= 0.6 is 0 Å². The molecule has 8 aromatic rings. The predicted molar refractivity (Wildman–Crippen MR) is 215 cm³/mol. The summed E-state index contributed by atoms with van der Waals surface area (Å²) in [5.74, 6) is 1.64. The van der Waals surface area contributed by atoms with Gasteiger partial charge in [0.15, 0.2) is 0 Å². The number of nitrogens with zero attached hydrogens (tertiary/aromatic N) is 2. The van der Waals surface area contributed by atoms with Crippen molar-refractivity contribution in [3.63, 3.8) is 0 Å². The molecule has 0 saturated carbocycles. The fraction of sp³-hybridized carbons (Fsp3) is 0.0870. The molecule has 8 aromatic carbocycles. The molecule has 8 rings (SSSR count). The van der Waals surface area contributed by atoms with Crippen LogP contribution in [-0.2, 0) is 16.5 Å². The van der Waals surface area contributed by atoms with E-state index in [1.165, 1.54) is 0 Å². The van der Waals surface area contributed by atoms with Crippen LogP contribution in [0.2, 0.25) is 0 Å². The second kappa shape index (κ2) is 15.2. The number of rotatable bonds is 9. The summed E-state index contributed by atoms with van der Waals surface area (Å²) in [7, 11) is 3.30. The number of fused-ring (bicyclic) bond motifs is 4. The van der Waals surface area contributed by atoms with E-state index in [4.69, 9.17) is 9.47 Å². The molecule has 0 radical (unpaired) electrons. The summed E-state index contributed by atoms with van der Waals surface area (Å²) in [6.07, 6.45) is 3.41. The summed E-state index contributed by atoms with van der Waals surface area (Å²) < 4.78 is 11.6. The Morgan fingerprint density at radius 3 is 1.17 bits per heavy atom. The van der Waals surface area contributed by atoms with Gasteiger partial charge in [-0.1, -0.05) is 109 Å². The summed E-state index contributed by atoms with van der Waals surface area (Å²) in [6, 6.07) is 44.1. The Morgan fingerprint density at radius 1 is 0.453 bits per heavy atom. The van der Waals surface area contributed by atoms with E-state index in [1.807, 2.05) is 109 Å². The third-order valence-electron chi connectivity index (χ3n) is 9.64. The fourth-order valence-electron chi connectivity index (χ4n) is 7.22. The number of phenolic OH excluding ortho intramolecular Hbond substituents is 2. The average Bonchev–Trinajstić information content (AvgIpc) is 3.19. The Kier molecular flexibility index (Phi) is 10.1. The molecule has 0 spiro atoms. The van der Waals surface area contributed by atoms with Crippen molar-refractivity contribution < 1.29 is 36.2 Å². The Bertz CT molecular complexity index is 2520. The van der Waals surface area contributed by atoms with Gasteiger partial charge >= 0.3 is 0 Å².